The molecule has 0 radical (unpaired) electrons. The third-order valence-electron chi connectivity index (χ3n) is 2.45. The van der Waals surface area contributed by atoms with Gasteiger partial charge < -0.3 is 5.11 Å². The Bertz CT molecular complexity index is 546. The maximum absolute atomic E-state index is 11.9. The van der Waals surface area contributed by atoms with Gasteiger partial charge in [0.15, 0.2) is 9.84 Å². The van der Waals surface area contributed by atoms with E-state index in [-0.39, 0.29) is 15.7 Å². The first kappa shape index (κ1) is 11.6. The fraction of sp³-hybridized carbons (Fsp3) is 0.300. The first-order chi connectivity index (χ1) is 7.43. The van der Waals surface area contributed by atoms with Crippen LogP contribution in [-0.4, -0.2) is 24.7 Å². The van der Waals surface area contributed by atoms with Crippen LogP contribution in [-0.2, 0) is 9.84 Å². The Morgan fingerprint density at radius 2 is 2.00 bits per heavy atom. The van der Waals surface area contributed by atoms with E-state index in [2.05, 4.69) is 15.9 Å². The van der Waals surface area contributed by atoms with Crippen molar-refractivity contribution in [2.45, 2.75) is 23.0 Å². The summed E-state index contributed by atoms with van der Waals surface area (Å²) in [7, 11) is -3.28. The van der Waals surface area contributed by atoms with E-state index in [0.717, 1.165) is 0 Å². The fourth-order valence-corrected chi connectivity index (χ4v) is 4.18. The van der Waals surface area contributed by atoms with Gasteiger partial charge in [-0.2, -0.15) is 0 Å². The lowest BCUT2D eigenvalue weighted by atomic mass is 10.2. The van der Waals surface area contributed by atoms with Crippen molar-refractivity contribution in [3.8, 4) is 0 Å². The third kappa shape index (κ3) is 1.99. The zero-order valence-electron chi connectivity index (χ0n) is 8.18. The van der Waals surface area contributed by atoms with Crippen LogP contribution in [0.2, 0.25) is 0 Å². The molecule has 1 aromatic rings. The van der Waals surface area contributed by atoms with Gasteiger partial charge in [-0.05, 0) is 47.0 Å². The van der Waals surface area contributed by atoms with Crippen LogP contribution in [0.15, 0.2) is 27.6 Å². The number of halogens is 1. The minimum Gasteiger partial charge on any atom is -0.478 e. The number of benzene rings is 1. The maximum Gasteiger partial charge on any atom is 0.335 e. The minimum atomic E-state index is -3.28. The number of hydrogen-bond donors (Lipinski definition) is 1. The summed E-state index contributed by atoms with van der Waals surface area (Å²) in [5.74, 6) is -1.07. The number of rotatable bonds is 3. The van der Waals surface area contributed by atoms with Gasteiger partial charge in [0.05, 0.1) is 15.7 Å². The zero-order chi connectivity index (χ0) is 11.9. The minimum absolute atomic E-state index is 0.0709. The van der Waals surface area contributed by atoms with Crippen LogP contribution in [0.25, 0.3) is 0 Å². The molecule has 0 heterocycles. The monoisotopic (exact) mass is 304 g/mol. The highest BCUT2D eigenvalue weighted by Crippen LogP contribution is 2.36. The average Bonchev–Trinajstić information content (AvgIpc) is 2.99. The Hall–Kier alpha value is -0.880. The van der Waals surface area contributed by atoms with E-state index in [0.29, 0.717) is 17.3 Å². The van der Waals surface area contributed by atoms with Crippen molar-refractivity contribution >= 4 is 31.7 Å². The molecule has 0 spiro atoms. The van der Waals surface area contributed by atoms with Crippen LogP contribution in [0.3, 0.4) is 0 Å². The first-order valence-corrected chi connectivity index (χ1v) is 7.03. The third-order valence-corrected chi connectivity index (χ3v) is 5.69. The van der Waals surface area contributed by atoms with Gasteiger partial charge in [0.1, 0.15) is 0 Å². The SMILES string of the molecule is O=C(O)c1ccc(S(=O)(=O)C2CC2)c(Br)c1. The Labute approximate surface area is 101 Å². The van der Waals surface area contributed by atoms with Crippen molar-refractivity contribution in [2.24, 2.45) is 0 Å². The summed E-state index contributed by atoms with van der Waals surface area (Å²) in [5.41, 5.74) is 0.0709. The van der Waals surface area contributed by atoms with Crippen molar-refractivity contribution < 1.29 is 18.3 Å². The normalized spacial score (nSPS) is 16.1. The van der Waals surface area contributed by atoms with E-state index in [9.17, 15) is 13.2 Å². The van der Waals surface area contributed by atoms with Crippen molar-refractivity contribution in [1.82, 2.24) is 0 Å². The van der Waals surface area contributed by atoms with Crippen LogP contribution in [0, 0.1) is 0 Å². The lowest BCUT2D eigenvalue weighted by Crippen LogP contribution is -2.08. The van der Waals surface area contributed by atoms with Gasteiger partial charge >= 0.3 is 5.97 Å². The average molecular weight is 305 g/mol. The molecule has 0 aromatic heterocycles. The number of carboxylic acid groups (broad SMARTS) is 1. The molecule has 2 rings (SSSR count). The standard InChI is InChI=1S/C10H9BrO4S/c11-8-5-6(10(12)13)1-4-9(8)16(14,15)7-2-3-7/h1,4-5,7H,2-3H2,(H,12,13). The number of hydrogen-bond acceptors (Lipinski definition) is 3. The largest absolute Gasteiger partial charge is 0.478 e. The van der Waals surface area contributed by atoms with E-state index in [1.54, 1.807) is 0 Å². The molecule has 6 heteroatoms. The summed E-state index contributed by atoms with van der Waals surface area (Å²) in [4.78, 5) is 10.9. The lowest BCUT2D eigenvalue weighted by Gasteiger charge is -2.05. The number of sulfone groups is 1. The van der Waals surface area contributed by atoms with E-state index in [1.165, 1.54) is 18.2 Å². The molecule has 0 unspecified atom stereocenters. The van der Waals surface area contributed by atoms with Crippen LogP contribution in [0.4, 0.5) is 0 Å². The van der Waals surface area contributed by atoms with Crippen LogP contribution < -0.4 is 0 Å². The summed E-state index contributed by atoms with van der Waals surface area (Å²) in [5, 5.41) is 8.46. The van der Waals surface area contributed by atoms with E-state index < -0.39 is 15.8 Å². The Morgan fingerprint density at radius 3 is 2.44 bits per heavy atom. The number of carbonyl (C=O) groups is 1. The predicted octanol–water partition coefficient (Wildman–Crippen LogP) is 2.08. The van der Waals surface area contributed by atoms with Gasteiger partial charge in [-0.15, -0.1) is 0 Å². The number of carboxylic acids is 1. The predicted molar refractivity (Wildman–Crippen MR) is 61.3 cm³/mol. The molecule has 0 bridgehead atoms. The quantitative estimate of drug-likeness (QED) is 0.928. The van der Waals surface area contributed by atoms with Crippen molar-refractivity contribution in [3.63, 3.8) is 0 Å². The molecule has 0 atom stereocenters. The topological polar surface area (TPSA) is 71.4 Å². The van der Waals surface area contributed by atoms with E-state index >= 15 is 0 Å². The summed E-state index contributed by atoms with van der Waals surface area (Å²) in [6.45, 7) is 0. The zero-order valence-corrected chi connectivity index (χ0v) is 10.6. The molecular weight excluding hydrogens is 296 g/mol. The fourth-order valence-electron chi connectivity index (χ4n) is 1.42. The molecule has 0 amide bonds. The molecule has 4 nitrogen and oxygen atoms in total. The molecule has 1 saturated carbocycles. The second kappa shape index (κ2) is 3.85. The molecule has 1 fully saturated rings. The highest BCUT2D eigenvalue weighted by molar-refractivity contribution is 9.10. The van der Waals surface area contributed by atoms with Crippen LogP contribution >= 0.6 is 15.9 Å². The van der Waals surface area contributed by atoms with Gasteiger partial charge in [0, 0.05) is 4.47 Å². The molecule has 0 aliphatic heterocycles. The van der Waals surface area contributed by atoms with Crippen molar-refractivity contribution in [1.29, 1.82) is 0 Å². The molecule has 1 aromatic carbocycles. The molecule has 1 aliphatic rings. The summed E-state index contributed by atoms with van der Waals surface area (Å²) in [6, 6.07) is 3.97. The Kier molecular flexibility index (Phi) is 2.79. The maximum atomic E-state index is 11.9. The molecule has 86 valence electrons. The van der Waals surface area contributed by atoms with E-state index in [1.807, 2.05) is 0 Å². The van der Waals surface area contributed by atoms with Crippen LogP contribution in [0.5, 0.6) is 0 Å². The summed E-state index contributed by atoms with van der Waals surface area (Å²) in [6.07, 6.45) is 1.38. The second-order valence-electron chi connectivity index (χ2n) is 3.69. The van der Waals surface area contributed by atoms with Gasteiger partial charge in [-0.3, -0.25) is 0 Å². The van der Waals surface area contributed by atoms with Gasteiger partial charge in [0.25, 0.3) is 0 Å². The molecule has 16 heavy (non-hydrogen) atoms. The Balaban J connectivity index is 2.47. The summed E-state index contributed by atoms with van der Waals surface area (Å²) < 4.78 is 24.2. The highest BCUT2D eigenvalue weighted by Gasteiger charge is 2.37. The smallest absolute Gasteiger partial charge is 0.335 e. The molecular formula is C10H9BrO4S. The van der Waals surface area contributed by atoms with Crippen molar-refractivity contribution in [3.05, 3.63) is 28.2 Å². The van der Waals surface area contributed by atoms with Crippen molar-refractivity contribution in [2.75, 3.05) is 0 Å². The summed E-state index contributed by atoms with van der Waals surface area (Å²) >= 11 is 3.10. The van der Waals surface area contributed by atoms with Gasteiger partial charge in [-0.1, -0.05) is 0 Å². The highest BCUT2D eigenvalue weighted by atomic mass is 79.9. The molecule has 0 saturated heterocycles. The first-order valence-electron chi connectivity index (χ1n) is 4.69. The lowest BCUT2D eigenvalue weighted by molar-refractivity contribution is 0.0696. The number of aromatic carboxylic acids is 1. The van der Waals surface area contributed by atoms with Gasteiger partial charge in [-0.25, -0.2) is 13.2 Å². The van der Waals surface area contributed by atoms with E-state index in [4.69, 9.17) is 5.11 Å². The molecule has 1 aliphatic carbocycles. The molecule has 1 N–H and O–H groups in total. The van der Waals surface area contributed by atoms with Crippen LogP contribution in [0.1, 0.15) is 23.2 Å². The van der Waals surface area contributed by atoms with Gasteiger partial charge in [0.2, 0.25) is 0 Å². The second-order valence-corrected chi connectivity index (χ2v) is 6.75. The Morgan fingerprint density at radius 1 is 1.38 bits per heavy atom.